The van der Waals surface area contributed by atoms with Crippen molar-refractivity contribution in [3.05, 3.63) is 45.7 Å². The highest BCUT2D eigenvalue weighted by Crippen LogP contribution is 2.30. The summed E-state index contributed by atoms with van der Waals surface area (Å²) in [6, 6.07) is 3.02. The Hall–Kier alpha value is -2.48. The van der Waals surface area contributed by atoms with Crippen molar-refractivity contribution in [2.24, 2.45) is 0 Å². The Morgan fingerprint density at radius 2 is 2.32 bits per heavy atom. The number of aliphatic hydroxyl groups is 1. The second-order valence-corrected chi connectivity index (χ2v) is 5.10. The topological polar surface area (TPSA) is 97.3 Å². The zero-order valence-corrected chi connectivity index (χ0v) is 12.3. The van der Waals surface area contributed by atoms with Gasteiger partial charge in [0.2, 0.25) is 5.82 Å². The van der Waals surface area contributed by atoms with Gasteiger partial charge in [-0.2, -0.15) is 0 Å². The van der Waals surface area contributed by atoms with E-state index in [4.69, 9.17) is 0 Å². The van der Waals surface area contributed by atoms with Gasteiger partial charge in [0.25, 0.3) is 0 Å². The Morgan fingerprint density at radius 1 is 1.50 bits per heavy atom. The van der Waals surface area contributed by atoms with E-state index in [9.17, 15) is 15.2 Å². The molecule has 0 saturated heterocycles. The fourth-order valence-corrected chi connectivity index (χ4v) is 2.95. The zero-order valence-electron chi connectivity index (χ0n) is 12.3. The van der Waals surface area contributed by atoms with Crippen LogP contribution in [0, 0.1) is 10.1 Å². The lowest BCUT2D eigenvalue weighted by Gasteiger charge is -2.27. The molecule has 116 valence electrons. The van der Waals surface area contributed by atoms with Gasteiger partial charge in [-0.25, -0.2) is 9.97 Å². The summed E-state index contributed by atoms with van der Waals surface area (Å²) in [7, 11) is 0. The van der Waals surface area contributed by atoms with E-state index in [1.807, 2.05) is 16.4 Å². The van der Waals surface area contributed by atoms with Crippen LogP contribution < -0.4 is 4.90 Å². The second kappa shape index (κ2) is 5.72. The van der Waals surface area contributed by atoms with Crippen LogP contribution in [0.2, 0.25) is 0 Å². The zero-order chi connectivity index (χ0) is 15.7. The molecule has 8 nitrogen and oxygen atoms in total. The number of aliphatic hydroxyl groups excluding tert-OH is 1. The van der Waals surface area contributed by atoms with Gasteiger partial charge in [0.15, 0.2) is 0 Å². The molecule has 0 fully saturated rings. The molecular formula is C14H17N5O3. The largest absolute Gasteiger partial charge is 0.388 e. The molecule has 1 aliphatic rings. The Labute approximate surface area is 127 Å². The molecule has 0 atom stereocenters. The molecule has 2 aromatic heterocycles. The van der Waals surface area contributed by atoms with Crippen LogP contribution in [0.15, 0.2) is 18.3 Å². The molecule has 0 saturated carbocycles. The van der Waals surface area contributed by atoms with Gasteiger partial charge in [-0.15, -0.1) is 0 Å². The Balaban J connectivity index is 1.95. The third kappa shape index (κ3) is 2.31. The van der Waals surface area contributed by atoms with Gasteiger partial charge in [-0.3, -0.25) is 10.1 Å². The maximum atomic E-state index is 11.1. The number of fused-ring (bicyclic) bond motifs is 1. The number of aromatic nitrogens is 3. The predicted octanol–water partition coefficient (Wildman–Crippen LogP) is 1.26. The smallest absolute Gasteiger partial charge is 0.311 e. The van der Waals surface area contributed by atoms with Crippen LogP contribution in [0.5, 0.6) is 0 Å². The SMILES string of the molecule is CCn1c(CO)nc2c1CCN(c1ncccc1[N+](=O)[O-])C2. The molecule has 3 heterocycles. The minimum Gasteiger partial charge on any atom is -0.388 e. The minimum absolute atomic E-state index is 0.00301. The number of nitrogens with zero attached hydrogens (tertiary/aromatic N) is 5. The van der Waals surface area contributed by atoms with E-state index in [2.05, 4.69) is 9.97 Å². The first-order valence-electron chi connectivity index (χ1n) is 7.18. The van der Waals surface area contributed by atoms with Crippen molar-refractivity contribution in [3.8, 4) is 0 Å². The highest BCUT2D eigenvalue weighted by Gasteiger charge is 2.28. The summed E-state index contributed by atoms with van der Waals surface area (Å²) in [5, 5.41) is 20.5. The summed E-state index contributed by atoms with van der Waals surface area (Å²) >= 11 is 0. The van der Waals surface area contributed by atoms with Gasteiger partial charge in [-0.05, 0) is 13.0 Å². The standard InChI is InChI=1S/C14H17N5O3/c1-2-18-11-5-7-17(8-10(11)16-13(18)9-20)14-12(19(21)22)4-3-6-15-14/h3-4,6,20H,2,5,7-9H2,1H3. The molecule has 22 heavy (non-hydrogen) atoms. The molecule has 0 bridgehead atoms. The number of nitro groups is 1. The molecule has 3 rings (SSSR count). The molecule has 0 unspecified atom stereocenters. The number of pyridine rings is 1. The first-order chi connectivity index (χ1) is 10.7. The summed E-state index contributed by atoms with van der Waals surface area (Å²) < 4.78 is 2.01. The molecule has 1 aliphatic heterocycles. The molecule has 0 aromatic carbocycles. The van der Waals surface area contributed by atoms with E-state index in [-0.39, 0.29) is 12.3 Å². The average Bonchev–Trinajstić information content (AvgIpc) is 2.91. The van der Waals surface area contributed by atoms with Gasteiger partial charge in [0.1, 0.15) is 12.4 Å². The second-order valence-electron chi connectivity index (χ2n) is 5.10. The van der Waals surface area contributed by atoms with Crippen molar-refractivity contribution in [1.82, 2.24) is 14.5 Å². The van der Waals surface area contributed by atoms with Crippen molar-refractivity contribution < 1.29 is 10.0 Å². The number of rotatable bonds is 4. The van der Waals surface area contributed by atoms with Crippen molar-refractivity contribution in [2.75, 3.05) is 11.4 Å². The summed E-state index contributed by atoms with van der Waals surface area (Å²) in [6.45, 7) is 3.76. The van der Waals surface area contributed by atoms with Crippen molar-refractivity contribution >= 4 is 11.5 Å². The summed E-state index contributed by atoms with van der Waals surface area (Å²) in [5.41, 5.74) is 1.96. The van der Waals surface area contributed by atoms with E-state index in [1.165, 1.54) is 6.07 Å². The molecule has 0 radical (unpaired) electrons. The normalized spacial score (nSPS) is 14.0. The Morgan fingerprint density at radius 3 is 3.00 bits per heavy atom. The third-order valence-electron chi connectivity index (χ3n) is 3.91. The van der Waals surface area contributed by atoms with Gasteiger partial charge in [-0.1, -0.05) is 0 Å². The third-order valence-corrected chi connectivity index (χ3v) is 3.91. The fourth-order valence-electron chi connectivity index (χ4n) is 2.95. The monoisotopic (exact) mass is 303 g/mol. The molecule has 0 spiro atoms. The van der Waals surface area contributed by atoms with Gasteiger partial charge < -0.3 is 14.6 Å². The van der Waals surface area contributed by atoms with Crippen LogP contribution in [-0.4, -0.2) is 31.1 Å². The van der Waals surface area contributed by atoms with Crippen LogP contribution in [-0.2, 0) is 26.1 Å². The fraction of sp³-hybridized carbons (Fsp3) is 0.429. The van der Waals surface area contributed by atoms with E-state index in [0.29, 0.717) is 24.7 Å². The van der Waals surface area contributed by atoms with E-state index in [1.54, 1.807) is 12.3 Å². The van der Waals surface area contributed by atoms with Gasteiger partial charge in [0, 0.05) is 37.5 Å². The summed E-state index contributed by atoms with van der Waals surface area (Å²) in [4.78, 5) is 21.2. The lowest BCUT2D eigenvalue weighted by molar-refractivity contribution is -0.384. The van der Waals surface area contributed by atoms with E-state index in [0.717, 1.165) is 24.4 Å². The lowest BCUT2D eigenvalue weighted by atomic mass is 10.1. The van der Waals surface area contributed by atoms with Gasteiger partial charge in [0.05, 0.1) is 17.2 Å². The van der Waals surface area contributed by atoms with Crippen LogP contribution in [0.4, 0.5) is 11.5 Å². The van der Waals surface area contributed by atoms with Crippen molar-refractivity contribution in [2.45, 2.75) is 33.0 Å². The highest BCUT2D eigenvalue weighted by molar-refractivity contribution is 5.58. The van der Waals surface area contributed by atoms with Crippen LogP contribution in [0.25, 0.3) is 0 Å². The Kier molecular flexibility index (Phi) is 3.76. The summed E-state index contributed by atoms with van der Waals surface area (Å²) in [5.74, 6) is 1.01. The highest BCUT2D eigenvalue weighted by atomic mass is 16.6. The first-order valence-corrected chi connectivity index (χ1v) is 7.18. The van der Waals surface area contributed by atoms with Crippen LogP contribution in [0.1, 0.15) is 24.1 Å². The first kappa shape index (κ1) is 14.5. The minimum atomic E-state index is -0.415. The molecule has 0 amide bonds. The van der Waals surface area contributed by atoms with Crippen molar-refractivity contribution in [3.63, 3.8) is 0 Å². The maximum Gasteiger partial charge on any atom is 0.311 e. The number of imidazole rings is 1. The average molecular weight is 303 g/mol. The van der Waals surface area contributed by atoms with Crippen molar-refractivity contribution in [1.29, 1.82) is 0 Å². The number of anilines is 1. The number of hydrogen-bond acceptors (Lipinski definition) is 6. The molecule has 8 heteroatoms. The lowest BCUT2D eigenvalue weighted by Crippen LogP contribution is -2.32. The van der Waals surface area contributed by atoms with Crippen LogP contribution >= 0.6 is 0 Å². The number of hydrogen-bond donors (Lipinski definition) is 1. The summed E-state index contributed by atoms with van der Waals surface area (Å²) in [6.07, 6.45) is 2.28. The van der Waals surface area contributed by atoms with E-state index >= 15 is 0 Å². The predicted molar refractivity (Wildman–Crippen MR) is 79.5 cm³/mol. The molecule has 1 N–H and O–H groups in total. The van der Waals surface area contributed by atoms with Gasteiger partial charge >= 0.3 is 5.69 Å². The maximum absolute atomic E-state index is 11.1. The molecule has 0 aliphatic carbocycles. The Bertz CT molecular complexity index is 712. The van der Waals surface area contributed by atoms with Crippen LogP contribution in [0.3, 0.4) is 0 Å². The van der Waals surface area contributed by atoms with E-state index < -0.39 is 4.92 Å². The quantitative estimate of drug-likeness (QED) is 0.674. The molecular weight excluding hydrogens is 286 g/mol. The molecule has 2 aromatic rings.